The van der Waals surface area contributed by atoms with Crippen molar-refractivity contribution in [2.75, 3.05) is 6.61 Å². The Morgan fingerprint density at radius 3 is 2.00 bits per heavy atom. The molecular weight excluding hydrogens is 252 g/mol. The minimum absolute atomic E-state index is 0.0331. The number of esters is 3. The van der Waals surface area contributed by atoms with Gasteiger partial charge in [0.25, 0.3) is 0 Å². The van der Waals surface area contributed by atoms with E-state index in [9.17, 15) is 14.4 Å². The van der Waals surface area contributed by atoms with Gasteiger partial charge in [-0.3, -0.25) is 9.59 Å². The van der Waals surface area contributed by atoms with Gasteiger partial charge in [0.05, 0.1) is 5.41 Å². The van der Waals surface area contributed by atoms with E-state index < -0.39 is 29.6 Å². The van der Waals surface area contributed by atoms with Crippen LogP contribution in [0.5, 0.6) is 0 Å². The second kappa shape index (κ2) is 7.11. The Kier molecular flexibility index (Phi) is 6.52. The second-order valence-electron chi connectivity index (χ2n) is 5.35. The first-order chi connectivity index (χ1) is 8.54. The van der Waals surface area contributed by atoms with Crippen LogP contribution < -0.4 is 0 Å². The quantitative estimate of drug-likeness (QED) is 0.558. The summed E-state index contributed by atoms with van der Waals surface area (Å²) < 4.78 is 14.7. The molecule has 0 aliphatic carbocycles. The normalized spacial score (nSPS) is 14.2. The lowest BCUT2D eigenvalue weighted by molar-refractivity contribution is -0.173. The average Bonchev–Trinajstić information content (AvgIpc) is 2.23. The number of rotatable bonds is 5. The lowest BCUT2D eigenvalue weighted by atomic mass is 9.97. The lowest BCUT2D eigenvalue weighted by Gasteiger charge is -2.20. The minimum Gasteiger partial charge on any atom is -0.461 e. The Morgan fingerprint density at radius 2 is 1.58 bits per heavy atom. The molecule has 0 saturated heterocycles. The van der Waals surface area contributed by atoms with Crippen LogP contribution in [0.1, 0.15) is 41.5 Å². The fourth-order valence-corrected chi connectivity index (χ4v) is 1.03. The molecule has 0 spiro atoms. The first-order valence-electron chi connectivity index (χ1n) is 6.09. The summed E-state index contributed by atoms with van der Waals surface area (Å²) in [5, 5.41) is 0. The molecular formula is C13H22O6. The van der Waals surface area contributed by atoms with Crippen molar-refractivity contribution >= 4 is 17.9 Å². The van der Waals surface area contributed by atoms with Gasteiger partial charge < -0.3 is 14.2 Å². The van der Waals surface area contributed by atoms with Crippen LogP contribution in [0.2, 0.25) is 0 Å². The summed E-state index contributed by atoms with van der Waals surface area (Å²) in [5.74, 6) is -1.60. The van der Waals surface area contributed by atoms with Crippen LogP contribution in [0.25, 0.3) is 0 Å². The SMILES string of the molecule is CC(=O)OC(C)C(=O)OC(C)COC(=O)C(C)(C)C. The van der Waals surface area contributed by atoms with Gasteiger partial charge in [0, 0.05) is 6.92 Å². The van der Waals surface area contributed by atoms with Gasteiger partial charge >= 0.3 is 17.9 Å². The molecule has 0 saturated carbocycles. The van der Waals surface area contributed by atoms with Gasteiger partial charge in [-0.2, -0.15) is 0 Å². The molecule has 0 aromatic carbocycles. The predicted octanol–water partition coefficient (Wildman–Crippen LogP) is 1.46. The van der Waals surface area contributed by atoms with Crippen molar-refractivity contribution in [3.05, 3.63) is 0 Å². The van der Waals surface area contributed by atoms with E-state index in [-0.39, 0.29) is 12.6 Å². The van der Waals surface area contributed by atoms with E-state index in [4.69, 9.17) is 9.47 Å². The molecule has 0 rings (SSSR count). The molecule has 6 nitrogen and oxygen atoms in total. The summed E-state index contributed by atoms with van der Waals surface area (Å²) in [4.78, 5) is 33.7. The molecule has 6 heteroatoms. The Morgan fingerprint density at radius 1 is 1.05 bits per heavy atom. The Bertz CT molecular complexity index is 342. The van der Waals surface area contributed by atoms with Crippen LogP contribution in [0, 0.1) is 5.41 Å². The number of carbonyl (C=O) groups is 3. The first kappa shape index (κ1) is 17.4. The summed E-state index contributed by atoms with van der Waals surface area (Å²) in [6.45, 7) is 9.37. The van der Waals surface area contributed by atoms with E-state index in [1.165, 1.54) is 13.8 Å². The monoisotopic (exact) mass is 274 g/mol. The van der Waals surface area contributed by atoms with Crippen molar-refractivity contribution in [1.82, 2.24) is 0 Å². The van der Waals surface area contributed by atoms with Gasteiger partial charge in [-0.15, -0.1) is 0 Å². The van der Waals surface area contributed by atoms with E-state index in [1.807, 2.05) is 0 Å². The molecule has 0 amide bonds. The standard InChI is InChI=1S/C13H22O6/c1-8(7-17-12(16)13(4,5)6)18-11(15)9(2)19-10(3)14/h8-9H,7H2,1-6H3. The van der Waals surface area contributed by atoms with Crippen molar-refractivity contribution in [1.29, 1.82) is 0 Å². The van der Waals surface area contributed by atoms with Crippen molar-refractivity contribution < 1.29 is 28.6 Å². The van der Waals surface area contributed by atoms with E-state index in [0.29, 0.717) is 0 Å². The van der Waals surface area contributed by atoms with Crippen LogP contribution >= 0.6 is 0 Å². The highest BCUT2D eigenvalue weighted by molar-refractivity contribution is 5.78. The Balaban J connectivity index is 4.11. The highest BCUT2D eigenvalue weighted by Gasteiger charge is 2.25. The topological polar surface area (TPSA) is 78.9 Å². The van der Waals surface area contributed by atoms with Crippen LogP contribution in [0.3, 0.4) is 0 Å². The molecule has 0 aliphatic heterocycles. The Labute approximate surface area is 113 Å². The largest absolute Gasteiger partial charge is 0.461 e. The van der Waals surface area contributed by atoms with E-state index in [1.54, 1.807) is 27.7 Å². The van der Waals surface area contributed by atoms with Gasteiger partial charge in [0.1, 0.15) is 12.7 Å². The molecule has 2 atom stereocenters. The number of hydrogen-bond donors (Lipinski definition) is 0. The van der Waals surface area contributed by atoms with Gasteiger partial charge in [-0.1, -0.05) is 0 Å². The maximum atomic E-state index is 11.5. The fraction of sp³-hybridized carbons (Fsp3) is 0.769. The molecule has 0 aliphatic rings. The van der Waals surface area contributed by atoms with Crippen molar-refractivity contribution in [2.45, 2.75) is 53.8 Å². The summed E-state index contributed by atoms with van der Waals surface area (Å²) in [5.41, 5.74) is -0.602. The summed E-state index contributed by atoms with van der Waals surface area (Å²) >= 11 is 0. The molecule has 19 heavy (non-hydrogen) atoms. The van der Waals surface area contributed by atoms with Crippen LogP contribution in [0.4, 0.5) is 0 Å². The molecule has 0 N–H and O–H groups in total. The fourth-order valence-electron chi connectivity index (χ4n) is 1.03. The van der Waals surface area contributed by atoms with E-state index in [2.05, 4.69) is 4.74 Å². The number of ether oxygens (including phenoxy) is 3. The van der Waals surface area contributed by atoms with Crippen molar-refractivity contribution in [3.8, 4) is 0 Å². The highest BCUT2D eigenvalue weighted by Crippen LogP contribution is 2.15. The van der Waals surface area contributed by atoms with Crippen LogP contribution in [-0.4, -0.2) is 36.7 Å². The minimum atomic E-state index is -0.974. The zero-order valence-corrected chi connectivity index (χ0v) is 12.3. The summed E-state index contributed by atoms with van der Waals surface area (Å²) in [6, 6.07) is 0. The molecule has 0 bridgehead atoms. The van der Waals surface area contributed by atoms with Crippen LogP contribution in [-0.2, 0) is 28.6 Å². The van der Waals surface area contributed by atoms with Crippen molar-refractivity contribution in [2.24, 2.45) is 5.41 Å². The highest BCUT2D eigenvalue weighted by atomic mass is 16.6. The predicted molar refractivity (Wildman–Crippen MR) is 67.2 cm³/mol. The zero-order chi connectivity index (χ0) is 15.2. The van der Waals surface area contributed by atoms with Crippen LogP contribution in [0.15, 0.2) is 0 Å². The molecule has 0 radical (unpaired) electrons. The lowest BCUT2D eigenvalue weighted by Crippen LogP contribution is -2.32. The molecule has 110 valence electrons. The third kappa shape index (κ3) is 7.43. The molecule has 0 heterocycles. The molecule has 2 unspecified atom stereocenters. The maximum Gasteiger partial charge on any atom is 0.347 e. The van der Waals surface area contributed by atoms with Gasteiger partial charge in [0.15, 0.2) is 6.10 Å². The third-order valence-electron chi connectivity index (χ3n) is 2.05. The maximum absolute atomic E-state index is 11.5. The molecule has 0 aromatic heterocycles. The van der Waals surface area contributed by atoms with Gasteiger partial charge in [-0.05, 0) is 34.6 Å². The number of hydrogen-bond acceptors (Lipinski definition) is 6. The smallest absolute Gasteiger partial charge is 0.347 e. The summed E-state index contributed by atoms with van der Waals surface area (Å²) in [7, 11) is 0. The zero-order valence-electron chi connectivity index (χ0n) is 12.3. The van der Waals surface area contributed by atoms with E-state index in [0.717, 1.165) is 0 Å². The average molecular weight is 274 g/mol. The third-order valence-corrected chi connectivity index (χ3v) is 2.05. The van der Waals surface area contributed by atoms with E-state index >= 15 is 0 Å². The number of carbonyl (C=O) groups excluding carboxylic acids is 3. The van der Waals surface area contributed by atoms with Gasteiger partial charge in [-0.25, -0.2) is 4.79 Å². The molecule has 0 aromatic rings. The Hall–Kier alpha value is -1.59. The van der Waals surface area contributed by atoms with Crippen molar-refractivity contribution in [3.63, 3.8) is 0 Å². The first-order valence-corrected chi connectivity index (χ1v) is 6.09. The summed E-state index contributed by atoms with van der Waals surface area (Å²) in [6.07, 6.45) is -1.57. The molecule has 0 fully saturated rings. The van der Waals surface area contributed by atoms with Gasteiger partial charge in [0.2, 0.25) is 0 Å². The second-order valence-corrected chi connectivity index (χ2v) is 5.35.